The maximum absolute atomic E-state index is 9.09. The van der Waals surface area contributed by atoms with E-state index in [1.165, 1.54) is 17.7 Å². The van der Waals surface area contributed by atoms with Gasteiger partial charge in [-0.15, -0.1) is 0 Å². The molecule has 0 aromatic carbocycles. The van der Waals surface area contributed by atoms with Gasteiger partial charge in [-0.3, -0.25) is 0 Å². The molecule has 1 aromatic rings. The van der Waals surface area contributed by atoms with Crippen LogP contribution in [-0.4, -0.2) is 29.8 Å². The molecule has 0 bridgehead atoms. The number of fused-ring (bicyclic) bond motifs is 1. The van der Waals surface area contributed by atoms with E-state index in [1.807, 2.05) is 0 Å². The van der Waals surface area contributed by atoms with Gasteiger partial charge in [0.15, 0.2) is 0 Å². The first-order chi connectivity index (χ1) is 8.30. The van der Waals surface area contributed by atoms with Crippen molar-refractivity contribution in [2.24, 2.45) is 5.73 Å². The fourth-order valence-corrected chi connectivity index (χ4v) is 2.47. The summed E-state index contributed by atoms with van der Waals surface area (Å²) >= 11 is 0. The Balaban J connectivity index is 2.37. The molecule has 0 saturated carbocycles. The second kappa shape index (κ2) is 5.47. The van der Waals surface area contributed by atoms with Crippen molar-refractivity contribution in [3.8, 4) is 0 Å². The van der Waals surface area contributed by atoms with Gasteiger partial charge in [0.1, 0.15) is 5.82 Å². The Bertz CT molecular complexity index is 392. The van der Waals surface area contributed by atoms with E-state index in [2.05, 4.69) is 17.9 Å². The van der Waals surface area contributed by atoms with E-state index in [1.54, 1.807) is 0 Å². The SMILES string of the molecule is CCN(CCO)c1nc2c(cc1CN)CCC2. The van der Waals surface area contributed by atoms with Crippen LogP contribution in [0.15, 0.2) is 6.07 Å². The van der Waals surface area contributed by atoms with Crippen LogP contribution in [0.5, 0.6) is 0 Å². The quantitative estimate of drug-likeness (QED) is 0.794. The van der Waals surface area contributed by atoms with Gasteiger partial charge < -0.3 is 15.7 Å². The molecular formula is C13H21N3O. The van der Waals surface area contributed by atoms with Gasteiger partial charge in [0.25, 0.3) is 0 Å². The van der Waals surface area contributed by atoms with Gasteiger partial charge in [0.05, 0.1) is 6.61 Å². The lowest BCUT2D eigenvalue weighted by Crippen LogP contribution is -2.29. The van der Waals surface area contributed by atoms with Gasteiger partial charge in [-0.05, 0) is 37.8 Å². The van der Waals surface area contributed by atoms with Crippen LogP contribution in [0, 0.1) is 0 Å². The topological polar surface area (TPSA) is 62.4 Å². The monoisotopic (exact) mass is 235 g/mol. The number of hydrogen-bond donors (Lipinski definition) is 2. The number of aliphatic hydroxyl groups excluding tert-OH is 1. The number of hydrogen-bond acceptors (Lipinski definition) is 4. The fraction of sp³-hybridized carbons (Fsp3) is 0.615. The highest BCUT2D eigenvalue weighted by Gasteiger charge is 2.18. The highest BCUT2D eigenvalue weighted by molar-refractivity contribution is 5.50. The first-order valence-corrected chi connectivity index (χ1v) is 6.37. The molecule has 17 heavy (non-hydrogen) atoms. The summed E-state index contributed by atoms with van der Waals surface area (Å²) in [4.78, 5) is 6.85. The maximum atomic E-state index is 9.09. The number of pyridine rings is 1. The third-order valence-electron chi connectivity index (χ3n) is 3.38. The predicted octanol–water partition coefficient (Wildman–Crippen LogP) is 0.848. The minimum absolute atomic E-state index is 0.149. The van der Waals surface area contributed by atoms with Gasteiger partial charge in [-0.25, -0.2) is 4.98 Å². The smallest absolute Gasteiger partial charge is 0.133 e. The molecule has 94 valence electrons. The molecule has 0 fully saturated rings. The lowest BCUT2D eigenvalue weighted by Gasteiger charge is -2.24. The average Bonchev–Trinajstić information content (AvgIpc) is 2.81. The summed E-state index contributed by atoms with van der Waals surface area (Å²) in [5.41, 5.74) is 9.47. The molecule has 0 amide bonds. The summed E-state index contributed by atoms with van der Waals surface area (Å²) < 4.78 is 0. The maximum Gasteiger partial charge on any atom is 0.133 e. The standard InChI is InChI=1S/C13H21N3O/c1-2-16(6-7-17)13-11(9-14)8-10-4-3-5-12(10)15-13/h8,17H,2-7,9,14H2,1H3. The molecule has 0 unspecified atom stereocenters. The summed E-state index contributed by atoms with van der Waals surface area (Å²) in [5.74, 6) is 0.963. The number of nitrogens with two attached hydrogens (primary N) is 1. The van der Waals surface area contributed by atoms with Crippen molar-refractivity contribution in [3.63, 3.8) is 0 Å². The van der Waals surface area contributed by atoms with E-state index in [4.69, 9.17) is 15.8 Å². The molecule has 1 aliphatic rings. The van der Waals surface area contributed by atoms with E-state index in [9.17, 15) is 0 Å². The van der Waals surface area contributed by atoms with Crippen LogP contribution < -0.4 is 10.6 Å². The molecule has 4 nitrogen and oxygen atoms in total. The zero-order valence-electron chi connectivity index (χ0n) is 10.4. The molecule has 4 heteroatoms. The van der Waals surface area contributed by atoms with Crippen LogP contribution in [0.3, 0.4) is 0 Å². The number of likely N-dealkylation sites (N-methyl/N-ethyl adjacent to an activating group) is 1. The van der Waals surface area contributed by atoms with Gasteiger partial charge in [0.2, 0.25) is 0 Å². The van der Waals surface area contributed by atoms with Crippen molar-refractivity contribution in [2.75, 3.05) is 24.6 Å². The van der Waals surface area contributed by atoms with E-state index in [0.717, 1.165) is 30.8 Å². The molecule has 0 spiro atoms. The van der Waals surface area contributed by atoms with Gasteiger partial charge in [-0.1, -0.05) is 0 Å². The van der Waals surface area contributed by atoms with Gasteiger partial charge in [-0.2, -0.15) is 0 Å². The molecular weight excluding hydrogens is 214 g/mol. The Morgan fingerprint density at radius 3 is 2.94 bits per heavy atom. The molecule has 0 atom stereocenters. The molecule has 1 aromatic heterocycles. The molecule has 0 aliphatic heterocycles. The number of aryl methyl sites for hydroxylation is 2. The second-order valence-electron chi connectivity index (χ2n) is 4.44. The highest BCUT2D eigenvalue weighted by atomic mass is 16.3. The Morgan fingerprint density at radius 1 is 1.47 bits per heavy atom. The fourth-order valence-electron chi connectivity index (χ4n) is 2.47. The van der Waals surface area contributed by atoms with Gasteiger partial charge in [0, 0.05) is 30.9 Å². The molecule has 0 radical (unpaired) electrons. The molecule has 3 N–H and O–H groups in total. The zero-order valence-corrected chi connectivity index (χ0v) is 10.4. The predicted molar refractivity (Wildman–Crippen MR) is 69.1 cm³/mol. The van der Waals surface area contributed by atoms with Crippen molar-refractivity contribution in [1.82, 2.24) is 4.98 Å². The summed E-state index contributed by atoms with van der Waals surface area (Å²) in [6, 6.07) is 2.20. The molecule has 1 aliphatic carbocycles. The van der Waals surface area contributed by atoms with Gasteiger partial charge >= 0.3 is 0 Å². The van der Waals surface area contributed by atoms with Crippen LogP contribution in [0.25, 0.3) is 0 Å². The van der Waals surface area contributed by atoms with Crippen LogP contribution in [-0.2, 0) is 19.4 Å². The lowest BCUT2D eigenvalue weighted by molar-refractivity contribution is 0.302. The van der Waals surface area contributed by atoms with E-state index >= 15 is 0 Å². The zero-order chi connectivity index (χ0) is 12.3. The van der Waals surface area contributed by atoms with Crippen molar-refractivity contribution >= 4 is 5.82 Å². The van der Waals surface area contributed by atoms with Crippen molar-refractivity contribution in [2.45, 2.75) is 32.7 Å². The van der Waals surface area contributed by atoms with E-state index in [-0.39, 0.29) is 6.61 Å². The summed E-state index contributed by atoms with van der Waals surface area (Å²) in [6.45, 7) is 4.20. The van der Waals surface area contributed by atoms with Crippen molar-refractivity contribution in [3.05, 3.63) is 22.9 Å². The number of nitrogens with zero attached hydrogens (tertiary/aromatic N) is 2. The number of anilines is 1. The van der Waals surface area contributed by atoms with Crippen LogP contribution in [0.4, 0.5) is 5.82 Å². The van der Waals surface area contributed by atoms with Crippen molar-refractivity contribution < 1.29 is 5.11 Å². The first-order valence-electron chi connectivity index (χ1n) is 6.37. The molecule has 0 saturated heterocycles. The summed E-state index contributed by atoms with van der Waals surface area (Å²) in [6.07, 6.45) is 3.40. The Kier molecular flexibility index (Phi) is 3.97. The van der Waals surface area contributed by atoms with Crippen LogP contribution in [0.2, 0.25) is 0 Å². The van der Waals surface area contributed by atoms with Crippen molar-refractivity contribution in [1.29, 1.82) is 0 Å². The minimum Gasteiger partial charge on any atom is -0.395 e. The lowest BCUT2D eigenvalue weighted by atomic mass is 10.1. The number of rotatable bonds is 5. The average molecular weight is 235 g/mol. The largest absolute Gasteiger partial charge is 0.395 e. The Labute approximate surface area is 102 Å². The minimum atomic E-state index is 0.149. The molecule has 2 rings (SSSR count). The summed E-state index contributed by atoms with van der Waals surface area (Å²) in [7, 11) is 0. The van der Waals surface area contributed by atoms with E-state index in [0.29, 0.717) is 13.1 Å². The molecule has 1 heterocycles. The highest BCUT2D eigenvalue weighted by Crippen LogP contribution is 2.27. The first kappa shape index (κ1) is 12.3. The Hall–Kier alpha value is -1.13. The Morgan fingerprint density at radius 2 is 2.29 bits per heavy atom. The van der Waals surface area contributed by atoms with Crippen LogP contribution >= 0.6 is 0 Å². The number of aromatic nitrogens is 1. The summed E-state index contributed by atoms with van der Waals surface area (Å²) in [5, 5.41) is 9.09. The normalized spacial score (nSPS) is 13.8. The third kappa shape index (κ3) is 2.42. The van der Waals surface area contributed by atoms with E-state index < -0.39 is 0 Å². The van der Waals surface area contributed by atoms with Crippen LogP contribution in [0.1, 0.15) is 30.2 Å². The third-order valence-corrected chi connectivity index (χ3v) is 3.38. The number of aliphatic hydroxyl groups is 1. The second-order valence-corrected chi connectivity index (χ2v) is 4.44.